The minimum atomic E-state index is -0.999. The number of carboxylic acid groups (broad SMARTS) is 1. The van der Waals surface area contributed by atoms with Gasteiger partial charge in [-0.2, -0.15) is 4.91 Å². The summed E-state index contributed by atoms with van der Waals surface area (Å²) in [4.78, 5) is 10.8. The van der Waals surface area contributed by atoms with Crippen molar-refractivity contribution in [2.75, 3.05) is 0 Å². The third-order valence-electron chi connectivity index (χ3n) is 1.92. The fourth-order valence-corrected chi connectivity index (χ4v) is 1.56. The third kappa shape index (κ3) is 2.57. The van der Waals surface area contributed by atoms with Crippen LogP contribution in [0.1, 0.15) is 18.1 Å². The highest BCUT2D eigenvalue weighted by Crippen LogP contribution is 2.18. The zero-order valence-corrected chi connectivity index (χ0v) is 8.67. The van der Waals surface area contributed by atoms with Gasteiger partial charge in [-0.25, -0.2) is 4.79 Å². The van der Waals surface area contributed by atoms with E-state index in [2.05, 4.69) is 0 Å². The quantitative estimate of drug-likeness (QED) is 0.610. The lowest BCUT2D eigenvalue weighted by Crippen LogP contribution is -1.94. The van der Waals surface area contributed by atoms with Crippen molar-refractivity contribution in [3.8, 4) is 0 Å². The summed E-state index contributed by atoms with van der Waals surface area (Å²) in [6.07, 6.45) is 1.91. The van der Waals surface area contributed by atoms with Crippen LogP contribution < -0.4 is 0 Å². The van der Waals surface area contributed by atoms with E-state index in [-0.39, 0.29) is 0 Å². The number of hydrogen-bond donors (Lipinski definition) is 1. The van der Waals surface area contributed by atoms with Gasteiger partial charge in [0.1, 0.15) is 0 Å². The highest BCUT2D eigenvalue weighted by molar-refractivity contribution is 7.70. The maximum Gasteiger partial charge on any atom is 0.326 e. The zero-order chi connectivity index (χ0) is 10.6. The lowest BCUT2D eigenvalue weighted by atomic mass is 10.0. The highest BCUT2D eigenvalue weighted by atomic mass is 32.1. The summed E-state index contributed by atoms with van der Waals surface area (Å²) in [7, 11) is 0. The molecule has 1 N–H and O–H groups in total. The molecule has 2 nitrogen and oxygen atoms in total. The summed E-state index contributed by atoms with van der Waals surface area (Å²) in [5.74, 6) is -0.999. The maximum absolute atomic E-state index is 10.4. The van der Waals surface area contributed by atoms with Crippen LogP contribution in [0.3, 0.4) is 0 Å². The molecule has 3 heteroatoms. The van der Waals surface area contributed by atoms with E-state index < -0.39 is 5.97 Å². The van der Waals surface area contributed by atoms with Gasteiger partial charge in [-0.05, 0) is 17.5 Å². The summed E-state index contributed by atoms with van der Waals surface area (Å²) in [5, 5.41) is 8.57. The molecular weight excluding hydrogens is 196 g/mol. The van der Waals surface area contributed by atoms with Crippen LogP contribution in [0.25, 0.3) is 4.91 Å². The number of hydrogen-bond acceptors (Lipinski definition) is 2. The van der Waals surface area contributed by atoms with Crippen LogP contribution >= 0.6 is 0 Å². The predicted molar refractivity (Wildman–Crippen MR) is 58.8 cm³/mol. The number of aryl methyl sites for hydroxylation is 1. The Balaban J connectivity index is 3.11. The minimum absolute atomic E-state index is 0.384. The normalized spacial score (nSPS) is 11.4. The van der Waals surface area contributed by atoms with Gasteiger partial charge in [0.15, 0.2) is 0 Å². The van der Waals surface area contributed by atoms with Crippen molar-refractivity contribution in [1.29, 1.82) is 0 Å². The molecule has 74 valence electrons. The topological polar surface area (TPSA) is 37.3 Å². The van der Waals surface area contributed by atoms with Crippen molar-refractivity contribution in [1.82, 2.24) is 0 Å². The van der Waals surface area contributed by atoms with Crippen LogP contribution in [-0.2, 0) is 23.8 Å². The molecule has 1 aromatic carbocycles. The first-order valence-electron chi connectivity index (χ1n) is 4.35. The molecule has 0 saturated carbocycles. The van der Waals surface area contributed by atoms with Gasteiger partial charge in [0.25, 0.3) is 0 Å². The first-order valence-corrected chi connectivity index (χ1v) is 4.76. The maximum atomic E-state index is 10.4. The van der Waals surface area contributed by atoms with Gasteiger partial charge in [-0.3, -0.25) is 0 Å². The molecule has 0 saturated heterocycles. The van der Waals surface area contributed by atoms with Crippen LogP contribution in [0.5, 0.6) is 0 Å². The Morgan fingerprint density at radius 3 is 2.71 bits per heavy atom. The van der Waals surface area contributed by atoms with Crippen molar-refractivity contribution in [3.63, 3.8) is 0 Å². The van der Waals surface area contributed by atoms with Crippen molar-refractivity contribution in [3.05, 3.63) is 41.5 Å². The van der Waals surface area contributed by atoms with E-state index in [9.17, 15) is 4.79 Å². The number of carbonyl (C=O) groups is 1. The summed E-state index contributed by atoms with van der Waals surface area (Å²) >= 11 is 5.01. The van der Waals surface area contributed by atoms with Crippen LogP contribution in [0.2, 0.25) is 0 Å². The van der Waals surface area contributed by atoms with E-state index in [1.807, 2.05) is 31.2 Å². The molecule has 14 heavy (non-hydrogen) atoms. The van der Waals surface area contributed by atoms with Crippen molar-refractivity contribution < 1.29 is 9.90 Å². The van der Waals surface area contributed by atoms with Crippen LogP contribution in [0, 0.1) is 0 Å². The number of carboxylic acids is 1. The average molecular weight is 207 g/mol. The molecule has 0 aliphatic heterocycles. The fourth-order valence-electron chi connectivity index (χ4n) is 1.26. The molecule has 1 rings (SSSR count). The Labute approximate surface area is 88.7 Å². The predicted octanol–water partition coefficient (Wildman–Crippen LogP) is 2.22. The smallest absolute Gasteiger partial charge is 0.326 e. The SMILES string of the molecule is CCc1ccccc1/C([S-])=C/C(=O)O. The lowest BCUT2D eigenvalue weighted by molar-refractivity contribution is -0.131. The van der Waals surface area contributed by atoms with Crippen LogP contribution in [-0.4, -0.2) is 11.1 Å². The summed E-state index contributed by atoms with van der Waals surface area (Å²) in [6, 6.07) is 7.58. The molecule has 1 aromatic rings. The summed E-state index contributed by atoms with van der Waals surface area (Å²) < 4.78 is 0. The fraction of sp³-hybridized carbons (Fsp3) is 0.182. The van der Waals surface area contributed by atoms with Gasteiger partial charge in [-0.15, -0.1) is 0 Å². The first-order chi connectivity index (χ1) is 6.65. The van der Waals surface area contributed by atoms with Gasteiger partial charge >= 0.3 is 5.97 Å². The zero-order valence-electron chi connectivity index (χ0n) is 7.86. The molecule has 0 unspecified atom stereocenters. The van der Waals surface area contributed by atoms with E-state index in [0.717, 1.165) is 23.6 Å². The molecule has 0 aromatic heterocycles. The Kier molecular flexibility index (Phi) is 3.65. The molecule has 0 atom stereocenters. The van der Waals surface area contributed by atoms with Gasteiger partial charge in [0, 0.05) is 6.08 Å². The molecule has 0 amide bonds. The molecule has 0 fully saturated rings. The third-order valence-corrected chi connectivity index (χ3v) is 2.26. The first kappa shape index (κ1) is 10.7. The van der Waals surface area contributed by atoms with E-state index in [1.54, 1.807) is 0 Å². The second-order valence-electron chi connectivity index (χ2n) is 2.86. The second kappa shape index (κ2) is 4.77. The largest absolute Gasteiger partial charge is 0.779 e. The minimum Gasteiger partial charge on any atom is -0.779 e. The molecule has 0 spiro atoms. The molecule has 0 aliphatic carbocycles. The Bertz CT molecular complexity index is 369. The van der Waals surface area contributed by atoms with Crippen molar-refractivity contribution >= 4 is 23.5 Å². The van der Waals surface area contributed by atoms with Gasteiger partial charge < -0.3 is 17.7 Å². The lowest BCUT2D eigenvalue weighted by Gasteiger charge is -2.15. The molecule has 0 bridgehead atoms. The monoisotopic (exact) mass is 207 g/mol. The van der Waals surface area contributed by atoms with Gasteiger partial charge in [-0.1, -0.05) is 31.2 Å². The molecule has 0 aliphatic rings. The average Bonchev–Trinajstić information content (AvgIpc) is 2.16. The molecule has 0 heterocycles. The van der Waals surface area contributed by atoms with Gasteiger partial charge in [0.05, 0.1) is 0 Å². The Morgan fingerprint density at radius 1 is 1.50 bits per heavy atom. The molecular formula is C11H11O2S-. The summed E-state index contributed by atoms with van der Waals surface area (Å²) in [6.45, 7) is 2.02. The van der Waals surface area contributed by atoms with Crippen molar-refractivity contribution in [2.24, 2.45) is 0 Å². The number of rotatable bonds is 3. The van der Waals surface area contributed by atoms with Gasteiger partial charge in [0.2, 0.25) is 0 Å². The van der Waals surface area contributed by atoms with E-state index in [1.165, 1.54) is 0 Å². The molecule has 0 radical (unpaired) electrons. The van der Waals surface area contributed by atoms with Crippen LogP contribution in [0.4, 0.5) is 0 Å². The van der Waals surface area contributed by atoms with E-state index >= 15 is 0 Å². The second-order valence-corrected chi connectivity index (χ2v) is 3.30. The van der Waals surface area contributed by atoms with Crippen molar-refractivity contribution in [2.45, 2.75) is 13.3 Å². The number of aliphatic carboxylic acids is 1. The Morgan fingerprint density at radius 2 is 2.14 bits per heavy atom. The standard InChI is InChI=1S/C11H12O2S/c1-2-8-5-3-4-6-9(8)10(14)7-11(12)13/h3-7,14H,2H2,1H3,(H,12,13)/p-1/b10-7-. The summed E-state index contributed by atoms with van der Waals surface area (Å²) in [5.41, 5.74) is 1.92. The Hall–Kier alpha value is -1.35. The van der Waals surface area contributed by atoms with E-state index in [0.29, 0.717) is 4.91 Å². The highest BCUT2D eigenvalue weighted by Gasteiger charge is 1.97. The van der Waals surface area contributed by atoms with Crippen LogP contribution in [0.15, 0.2) is 30.3 Å². The van der Waals surface area contributed by atoms with E-state index in [4.69, 9.17) is 17.7 Å². The number of benzene rings is 1.